The van der Waals surface area contributed by atoms with Crippen molar-refractivity contribution in [2.24, 2.45) is 5.92 Å². The summed E-state index contributed by atoms with van der Waals surface area (Å²) in [5.74, 6) is 0.505. The van der Waals surface area contributed by atoms with E-state index >= 15 is 0 Å². The lowest BCUT2D eigenvalue weighted by Crippen LogP contribution is -2.27. The summed E-state index contributed by atoms with van der Waals surface area (Å²) in [6.07, 6.45) is 2.04. The van der Waals surface area contributed by atoms with E-state index < -0.39 is 10.0 Å². The maximum atomic E-state index is 12.2. The van der Waals surface area contributed by atoms with E-state index in [1.165, 1.54) is 26.3 Å². The summed E-state index contributed by atoms with van der Waals surface area (Å²) in [5, 5.41) is 6.12. The lowest BCUT2D eigenvalue weighted by molar-refractivity contribution is 0.0951. The number of sulfonamides is 1. The molecule has 1 fully saturated rings. The molecule has 1 aliphatic heterocycles. The molecule has 1 unspecified atom stereocenters. The third-order valence-electron chi connectivity index (χ3n) is 3.98. The second kappa shape index (κ2) is 9.22. The second-order valence-electron chi connectivity index (χ2n) is 5.48. The first-order valence-electron chi connectivity index (χ1n) is 7.58. The second-order valence-corrected chi connectivity index (χ2v) is 7.33. The molecule has 1 aromatic rings. The molecule has 0 spiro atoms. The van der Waals surface area contributed by atoms with Crippen molar-refractivity contribution in [2.45, 2.75) is 17.7 Å². The van der Waals surface area contributed by atoms with Gasteiger partial charge < -0.3 is 15.4 Å². The number of carbonyl (C=O) groups is 1. The number of carbonyl (C=O) groups excluding carboxylic acids is 1. The van der Waals surface area contributed by atoms with E-state index in [1.54, 1.807) is 6.07 Å². The Morgan fingerprint density at radius 2 is 2.17 bits per heavy atom. The van der Waals surface area contributed by atoms with Crippen molar-refractivity contribution in [1.29, 1.82) is 0 Å². The van der Waals surface area contributed by atoms with Crippen molar-refractivity contribution in [3.8, 4) is 5.75 Å². The first kappa shape index (κ1) is 20.7. The van der Waals surface area contributed by atoms with E-state index in [0.717, 1.165) is 25.9 Å². The van der Waals surface area contributed by atoms with Crippen LogP contribution in [0.3, 0.4) is 0 Å². The van der Waals surface area contributed by atoms with Crippen LogP contribution in [0.1, 0.15) is 23.2 Å². The summed E-state index contributed by atoms with van der Waals surface area (Å²) in [5.41, 5.74) is 0.296. The molecule has 7 nitrogen and oxygen atoms in total. The van der Waals surface area contributed by atoms with Crippen LogP contribution >= 0.6 is 12.4 Å². The monoisotopic (exact) mass is 377 g/mol. The predicted octanol–water partition coefficient (Wildman–Crippen LogP) is 0.754. The van der Waals surface area contributed by atoms with Gasteiger partial charge in [-0.05, 0) is 57.1 Å². The standard InChI is InChI=1S/C15H23N3O4S.ClH/c1-16-23(20,21)14-9-12(3-4-13(14)22-2)15(19)18-8-6-11-5-7-17-10-11;/h3-4,9,11,16-17H,5-8,10H2,1-2H3,(H,18,19);1H. The third kappa shape index (κ3) is 5.07. The molecule has 1 aromatic carbocycles. The number of hydrogen-bond donors (Lipinski definition) is 3. The van der Waals surface area contributed by atoms with Gasteiger partial charge in [0.15, 0.2) is 0 Å². The molecule has 2 rings (SSSR count). The number of ether oxygens (including phenoxy) is 1. The van der Waals surface area contributed by atoms with Gasteiger partial charge in [-0.3, -0.25) is 4.79 Å². The summed E-state index contributed by atoms with van der Waals surface area (Å²) in [4.78, 5) is 12.2. The van der Waals surface area contributed by atoms with Gasteiger partial charge in [0.2, 0.25) is 10.0 Å². The van der Waals surface area contributed by atoms with Crippen LogP contribution in [-0.2, 0) is 10.0 Å². The molecule has 1 atom stereocenters. The van der Waals surface area contributed by atoms with Gasteiger partial charge in [0, 0.05) is 12.1 Å². The van der Waals surface area contributed by atoms with Crippen molar-refractivity contribution >= 4 is 28.3 Å². The van der Waals surface area contributed by atoms with Gasteiger partial charge in [-0.15, -0.1) is 12.4 Å². The minimum absolute atomic E-state index is 0. The molecule has 1 saturated heterocycles. The molecule has 1 amide bonds. The van der Waals surface area contributed by atoms with Gasteiger partial charge in [-0.25, -0.2) is 13.1 Å². The number of amides is 1. The highest BCUT2D eigenvalue weighted by Crippen LogP contribution is 2.24. The van der Waals surface area contributed by atoms with E-state index in [2.05, 4.69) is 15.4 Å². The average Bonchev–Trinajstić information content (AvgIpc) is 3.07. The zero-order chi connectivity index (χ0) is 16.9. The highest BCUT2D eigenvalue weighted by Gasteiger charge is 2.20. The van der Waals surface area contributed by atoms with Crippen LogP contribution in [0.15, 0.2) is 23.1 Å². The fourth-order valence-corrected chi connectivity index (χ4v) is 3.51. The van der Waals surface area contributed by atoms with E-state index in [4.69, 9.17) is 4.74 Å². The molecule has 0 aromatic heterocycles. The van der Waals surface area contributed by atoms with Crippen LogP contribution in [0.5, 0.6) is 5.75 Å². The number of hydrogen-bond acceptors (Lipinski definition) is 5. The van der Waals surface area contributed by atoms with Crippen LogP contribution < -0.4 is 20.1 Å². The SMILES string of the molecule is CNS(=O)(=O)c1cc(C(=O)NCCC2CCNC2)ccc1OC.Cl. The Morgan fingerprint density at radius 1 is 1.42 bits per heavy atom. The first-order valence-corrected chi connectivity index (χ1v) is 9.06. The quantitative estimate of drug-likeness (QED) is 0.651. The molecule has 24 heavy (non-hydrogen) atoms. The molecular formula is C15H24ClN3O4S. The average molecular weight is 378 g/mol. The zero-order valence-corrected chi connectivity index (χ0v) is 15.4. The van der Waals surface area contributed by atoms with Crippen LogP contribution in [-0.4, -0.2) is 48.1 Å². The van der Waals surface area contributed by atoms with Gasteiger partial charge >= 0.3 is 0 Å². The lowest BCUT2D eigenvalue weighted by atomic mass is 10.1. The topological polar surface area (TPSA) is 96.5 Å². The fraction of sp³-hybridized carbons (Fsp3) is 0.533. The largest absolute Gasteiger partial charge is 0.495 e. The maximum Gasteiger partial charge on any atom is 0.251 e. The minimum atomic E-state index is -3.69. The van der Waals surface area contributed by atoms with Crippen LogP contribution in [0.25, 0.3) is 0 Å². The number of halogens is 1. The molecule has 0 bridgehead atoms. The van der Waals surface area contributed by atoms with Crippen molar-refractivity contribution in [1.82, 2.24) is 15.4 Å². The normalized spacial score (nSPS) is 17.2. The Balaban J connectivity index is 0.00000288. The van der Waals surface area contributed by atoms with Gasteiger partial charge in [-0.2, -0.15) is 0 Å². The molecule has 1 aliphatic rings. The number of nitrogens with one attached hydrogen (secondary N) is 3. The highest BCUT2D eigenvalue weighted by atomic mass is 35.5. The predicted molar refractivity (Wildman–Crippen MR) is 94.4 cm³/mol. The highest BCUT2D eigenvalue weighted by molar-refractivity contribution is 7.89. The minimum Gasteiger partial charge on any atom is -0.495 e. The summed E-state index contributed by atoms with van der Waals surface area (Å²) < 4.78 is 31.3. The summed E-state index contributed by atoms with van der Waals surface area (Å²) in [6.45, 7) is 2.59. The summed E-state index contributed by atoms with van der Waals surface area (Å²) >= 11 is 0. The van der Waals surface area contributed by atoms with Crippen LogP contribution in [0.2, 0.25) is 0 Å². The third-order valence-corrected chi connectivity index (χ3v) is 5.42. The Hall–Kier alpha value is -1.35. The summed E-state index contributed by atoms with van der Waals surface area (Å²) in [6, 6.07) is 4.37. The maximum absolute atomic E-state index is 12.2. The molecule has 3 N–H and O–H groups in total. The van der Waals surface area contributed by atoms with Gasteiger partial charge in [-0.1, -0.05) is 0 Å². The Labute approximate surface area is 149 Å². The zero-order valence-electron chi connectivity index (χ0n) is 13.8. The van der Waals surface area contributed by atoms with Crippen molar-refractivity contribution in [2.75, 3.05) is 33.8 Å². The van der Waals surface area contributed by atoms with E-state index in [9.17, 15) is 13.2 Å². The first-order chi connectivity index (χ1) is 11.0. The molecule has 136 valence electrons. The number of methoxy groups -OCH3 is 1. The van der Waals surface area contributed by atoms with Crippen LogP contribution in [0.4, 0.5) is 0 Å². The molecule has 9 heteroatoms. The Bertz CT molecular complexity index is 661. The lowest BCUT2D eigenvalue weighted by Gasteiger charge is -2.12. The Morgan fingerprint density at radius 3 is 2.75 bits per heavy atom. The van der Waals surface area contributed by atoms with E-state index in [0.29, 0.717) is 18.0 Å². The summed E-state index contributed by atoms with van der Waals surface area (Å²) in [7, 11) is -0.989. The van der Waals surface area contributed by atoms with Crippen molar-refractivity contribution in [3.63, 3.8) is 0 Å². The number of benzene rings is 1. The number of rotatable bonds is 7. The fourth-order valence-electron chi connectivity index (χ4n) is 2.59. The molecular weight excluding hydrogens is 354 g/mol. The van der Waals surface area contributed by atoms with Gasteiger partial charge in [0.25, 0.3) is 5.91 Å². The molecule has 1 heterocycles. The smallest absolute Gasteiger partial charge is 0.251 e. The molecule has 0 saturated carbocycles. The van der Waals surface area contributed by atoms with Crippen molar-refractivity contribution < 1.29 is 17.9 Å². The molecule has 0 aliphatic carbocycles. The van der Waals surface area contributed by atoms with E-state index in [1.807, 2.05) is 0 Å². The van der Waals surface area contributed by atoms with E-state index in [-0.39, 0.29) is 29.0 Å². The van der Waals surface area contributed by atoms with Crippen molar-refractivity contribution in [3.05, 3.63) is 23.8 Å². The van der Waals surface area contributed by atoms with Crippen LogP contribution in [0, 0.1) is 5.92 Å². The van der Waals surface area contributed by atoms with Gasteiger partial charge in [0.05, 0.1) is 7.11 Å². The van der Waals surface area contributed by atoms with Gasteiger partial charge in [0.1, 0.15) is 10.6 Å². The Kier molecular flexibility index (Phi) is 7.95. The molecule has 0 radical (unpaired) electrons.